The Morgan fingerprint density at radius 3 is 2.94 bits per heavy atom. The maximum Gasteiger partial charge on any atom is 0.299 e. The van der Waals surface area contributed by atoms with Crippen LogP contribution in [0, 0.1) is 5.92 Å². The second-order valence-corrected chi connectivity index (χ2v) is 3.88. The van der Waals surface area contributed by atoms with E-state index >= 15 is 0 Å². The van der Waals surface area contributed by atoms with E-state index in [-0.39, 0.29) is 0 Å². The maximum atomic E-state index is 11.7. The quantitative estimate of drug-likeness (QED) is 0.503. The summed E-state index contributed by atoms with van der Waals surface area (Å²) in [5.41, 5.74) is 0.442. The fourth-order valence-corrected chi connectivity index (χ4v) is 2.09. The van der Waals surface area contributed by atoms with E-state index in [1.165, 1.54) is 12.5 Å². The first-order valence-corrected chi connectivity index (χ1v) is 5.08. The smallest absolute Gasteiger partial charge is 0.299 e. The zero-order valence-corrected chi connectivity index (χ0v) is 8.64. The highest BCUT2D eigenvalue weighted by molar-refractivity contribution is 6.66. The van der Waals surface area contributed by atoms with Gasteiger partial charge in [0.05, 0.1) is 11.3 Å². The lowest BCUT2D eigenvalue weighted by atomic mass is 9.86. The summed E-state index contributed by atoms with van der Waals surface area (Å²) in [4.78, 5) is 42.2. The van der Waals surface area contributed by atoms with Crippen molar-refractivity contribution < 1.29 is 14.4 Å². The molecular weight excluding hydrogens is 222 g/mol. The van der Waals surface area contributed by atoms with Gasteiger partial charge < -0.3 is 5.32 Å². The molecule has 0 saturated carbocycles. The lowest BCUT2D eigenvalue weighted by Crippen LogP contribution is -2.52. The molecule has 1 saturated heterocycles. The highest BCUT2D eigenvalue weighted by Crippen LogP contribution is 2.20. The Balaban J connectivity index is 2.30. The topological polar surface area (TPSA) is 89.0 Å². The van der Waals surface area contributed by atoms with Crippen LogP contribution in [0.5, 0.6) is 0 Å². The highest BCUT2D eigenvalue weighted by atomic mass is 16.2. The summed E-state index contributed by atoms with van der Waals surface area (Å²) in [5, 5.41) is 3.75. The largest absolute Gasteiger partial charge is 0.321 e. The van der Waals surface area contributed by atoms with Gasteiger partial charge in [-0.1, -0.05) is 6.08 Å². The van der Waals surface area contributed by atoms with Gasteiger partial charge in [-0.2, -0.15) is 0 Å². The maximum absolute atomic E-state index is 11.7. The number of rotatable bonds is 0. The Labute approximate surface area is 95.1 Å². The minimum Gasteiger partial charge on any atom is -0.321 e. The normalized spacial score (nSPS) is 22.5. The van der Waals surface area contributed by atoms with Crippen LogP contribution in [0.25, 0.3) is 11.8 Å². The number of piperidine rings is 1. The third-order valence-electron chi connectivity index (χ3n) is 2.92. The molecule has 1 aliphatic carbocycles. The number of carbonyl (C=O) groups is 3. The van der Waals surface area contributed by atoms with Crippen LogP contribution in [0.4, 0.5) is 0 Å². The van der Waals surface area contributed by atoms with Crippen molar-refractivity contribution in [2.45, 2.75) is 6.42 Å². The number of hydrogen-bond acceptors (Lipinski definition) is 5. The van der Waals surface area contributed by atoms with Gasteiger partial charge >= 0.3 is 0 Å². The molecule has 6 heteroatoms. The molecule has 3 rings (SSSR count). The van der Waals surface area contributed by atoms with E-state index in [4.69, 9.17) is 0 Å². The summed E-state index contributed by atoms with van der Waals surface area (Å²) in [6.07, 6.45) is 5.08. The molecule has 1 fully saturated rings. The Kier molecular flexibility index (Phi) is 1.91. The molecule has 1 N–H and O–H groups in total. The fourth-order valence-electron chi connectivity index (χ4n) is 2.09. The predicted molar refractivity (Wildman–Crippen MR) is 55.4 cm³/mol. The number of amides is 1. The van der Waals surface area contributed by atoms with Crippen molar-refractivity contribution in [2.75, 3.05) is 0 Å². The number of fused-ring (bicyclic) bond motifs is 2. The number of hydrogen-bond donors (Lipinski definition) is 1. The SMILES string of the molecule is O=C1NC2=c3cncnc3=CCC2C(=O)C1=O. The molecule has 2 heterocycles. The monoisotopic (exact) mass is 229 g/mol. The minimum absolute atomic E-state index is 0.379. The van der Waals surface area contributed by atoms with Gasteiger partial charge in [0.1, 0.15) is 6.33 Å². The third-order valence-corrected chi connectivity index (χ3v) is 2.92. The Morgan fingerprint density at radius 2 is 2.12 bits per heavy atom. The number of carbonyl (C=O) groups excluding carboxylic acids is 3. The van der Waals surface area contributed by atoms with E-state index in [2.05, 4.69) is 15.3 Å². The van der Waals surface area contributed by atoms with Crippen molar-refractivity contribution in [3.05, 3.63) is 23.1 Å². The molecule has 0 radical (unpaired) electrons. The summed E-state index contributed by atoms with van der Waals surface area (Å²) >= 11 is 0. The molecule has 1 aliphatic heterocycles. The van der Waals surface area contributed by atoms with Crippen LogP contribution in [0.3, 0.4) is 0 Å². The van der Waals surface area contributed by atoms with E-state index in [1.54, 1.807) is 6.08 Å². The number of nitrogens with one attached hydrogen (secondary N) is 1. The van der Waals surface area contributed by atoms with Crippen LogP contribution < -0.4 is 15.9 Å². The summed E-state index contributed by atoms with van der Waals surface area (Å²) < 4.78 is 0. The average molecular weight is 229 g/mol. The molecule has 2 aliphatic rings. The minimum atomic E-state index is -0.979. The van der Waals surface area contributed by atoms with Gasteiger partial charge in [0.15, 0.2) is 0 Å². The lowest BCUT2D eigenvalue weighted by molar-refractivity contribution is -0.146. The van der Waals surface area contributed by atoms with Crippen molar-refractivity contribution in [1.82, 2.24) is 15.3 Å². The van der Waals surface area contributed by atoms with Gasteiger partial charge in [0.2, 0.25) is 5.78 Å². The first kappa shape index (κ1) is 9.83. The van der Waals surface area contributed by atoms with Crippen molar-refractivity contribution >= 4 is 29.2 Å². The van der Waals surface area contributed by atoms with Crippen molar-refractivity contribution in [3.63, 3.8) is 0 Å². The molecular formula is C11H7N3O3. The van der Waals surface area contributed by atoms with E-state index in [9.17, 15) is 14.4 Å². The number of aromatic nitrogens is 2. The lowest BCUT2D eigenvalue weighted by Gasteiger charge is -2.24. The summed E-state index contributed by atoms with van der Waals surface area (Å²) in [6, 6.07) is 0. The third kappa shape index (κ3) is 1.30. The molecule has 0 bridgehead atoms. The van der Waals surface area contributed by atoms with Crippen LogP contribution >= 0.6 is 0 Å². The van der Waals surface area contributed by atoms with Crippen molar-refractivity contribution in [2.24, 2.45) is 5.92 Å². The van der Waals surface area contributed by atoms with Gasteiger partial charge in [-0.3, -0.25) is 14.4 Å². The molecule has 0 spiro atoms. The van der Waals surface area contributed by atoms with Crippen LogP contribution in [0.15, 0.2) is 12.5 Å². The molecule has 1 aromatic rings. The summed E-state index contributed by atoms with van der Waals surface area (Å²) in [6.45, 7) is 0. The number of ketones is 2. The van der Waals surface area contributed by atoms with Gasteiger partial charge in [0, 0.05) is 17.1 Å². The summed E-state index contributed by atoms with van der Waals surface area (Å²) in [5.74, 6) is -3.11. The first-order valence-electron chi connectivity index (χ1n) is 5.08. The molecule has 6 nitrogen and oxygen atoms in total. The molecule has 1 unspecified atom stereocenters. The van der Waals surface area contributed by atoms with Crippen LogP contribution in [0.2, 0.25) is 0 Å². The average Bonchev–Trinajstić information content (AvgIpc) is 2.36. The second kappa shape index (κ2) is 3.31. The Bertz CT molecular complexity index is 677. The van der Waals surface area contributed by atoms with E-state index in [1.807, 2.05) is 0 Å². The van der Waals surface area contributed by atoms with Crippen molar-refractivity contribution in [1.29, 1.82) is 0 Å². The molecule has 0 aromatic carbocycles. The fraction of sp³-hybridized carbons (Fsp3) is 0.182. The standard InChI is InChI=1S/C11H7N3O3/c15-9-5-1-2-7-6(3-12-4-13-7)8(5)14-11(17)10(9)16/h2-5H,1H2,(H,14,17). The van der Waals surface area contributed by atoms with Crippen LogP contribution in [-0.4, -0.2) is 27.4 Å². The van der Waals surface area contributed by atoms with Gasteiger partial charge in [-0.05, 0) is 6.42 Å². The van der Waals surface area contributed by atoms with Crippen molar-refractivity contribution in [3.8, 4) is 0 Å². The Hall–Kier alpha value is -2.37. The van der Waals surface area contributed by atoms with Gasteiger partial charge in [-0.15, -0.1) is 0 Å². The van der Waals surface area contributed by atoms with Gasteiger partial charge in [-0.25, -0.2) is 9.97 Å². The Morgan fingerprint density at radius 1 is 1.29 bits per heavy atom. The molecule has 17 heavy (non-hydrogen) atoms. The zero-order valence-electron chi connectivity index (χ0n) is 8.64. The first-order chi connectivity index (χ1) is 8.18. The molecule has 1 atom stereocenters. The van der Waals surface area contributed by atoms with E-state index in [0.717, 1.165) is 0 Å². The molecule has 84 valence electrons. The van der Waals surface area contributed by atoms with E-state index in [0.29, 0.717) is 22.7 Å². The highest BCUT2D eigenvalue weighted by Gasteiger charge is 2.39. The number of nitrogens with zero attached hydrogens (tertiary/aromatic N) is 2. The van der Waals surface area contributed by atoms with E-state index < -0.39 is 23.4 Å². The second-order valence-electron chi connectivity index (χ2n) is 3.88. The van der Waals surface area contributed by atoms with Crippen LogP contribution in [-0.2, 0) is 14.4 Å². The molecule has 1 aromatic heterocycles. The van der Waals surface area contributed by atoms with Gasteiger partial charge in [0.25, 0.3) is 11.7 Å². The summed E-state index contributed by atoms with van der Waals surface area (Å²) in [7, 11) is 0. The molecule has 1 amide bonds. The number of Topliss-reactive ketones (excluding diaryl/α,β-unsaturated/α-hetero) is 2. The van der Waals surface area contributed by atoms with Crippen LogP contribution in [0.1, 0.15) is 6.42 Å². The zero-order chi connectivity index (χ0) is 12.0. The predicted octanol–water partition coefficient (Wildman–Crippen LogP) is -2.35.